The van der Waals surface area contributed by atoms with Crippen LogP contribution in [0.1, 0.15) is 27.3 Å². The van der Waals surface area contributed by atoms with Crippen LogP contribution in [0.4, 0.5) is 0 Å². The van der Waals surface area contributed by atoms with E-state index in [4.69, 9.17) is 9.47 Å². The van der Waals surface area contributed by atoms with Crippen molar-refractivity contribution >= 4 is 27.6 Å². The third kappa shape index (κ3) is 9.36. The van der Waals surface area contributed by atoms with Crippen LogP contribution in [0.15, 0.2) is 183 Å². The van der Waals surface area contributed by atoms with Gasteiger partial charge < -0.3 is 9.47 Å². The highest BCUT2D eigenvalue weighted by atomic mass is 16.5. The first-order valence-electron chi connectivity index (χ1n) is 18.4. The van der Waals surface area contributed by atoms with Gasteiger partial charge >= 0.3 is 0 Å². The van der Waals surface area contributed by atoms with E-state index in [2.05, 4.69) is 42.0 Å². The minimum absolute atomic E-state index is 0.0731. The van der Waals surface area contributed by atoms with Gasteiger partial charge in [-0.1, -0.05) is 48.5 Å². The number of ketones is 1. The number of ether oxygens (including phenoxy) is 2. The van der Waals surface area contributed by atoms with E-state index in [0.717, 1.165) is 66.9 Å². The number of benzene rings is 4. The van der Waals surface area contributed by atoms with Crippen LogP contribution in [0, 0.1) is 0 Å². The summed E-state index contributed by atoms with van der Waals surface area (Å²) >= 11 is 0. The maximum Gasteiger partial charge on any atom is 0.167 e. The zero-order valence-corrected chi connectivity index (χ0v) is 30.8. The van der Waals surface area contributed by atoms with Gasteiger partial charge in [0.2, 0.25) is 0 Å². The Morgan fingerprint density at radius 3 is 1.65 bits per heavy atom. The second kappa shape index (κ2) is 17.7. The standard InChI is InChI=1S/C25H18N4O.C23H18N2O2/c1-2-4-24-19(3-1)5-8-21(29-24)16-30-22-9-6-20(7-10-22)25-23(15-27-17-28-25)18-11-13-26-14-12-18;26-23(15-17-11-13-24-14-12-17)19-6-9-21(10-7-19)27-16-20-8-5-18-3-1-2-4-22(18)25-20/h1-15,17H,16H2;1-14H,15-16H2. The number of carbonyl (C=O) groups excluding carboxylic acids is 1. The van der Waals surface area contributed by atoms with Gasteiger partial charge in [-0.15, -0.1) is 0 Å². The maximum absolute atomic E-state index is 12.4. The molecule has 9 nitrogen and oxygen atoms in total. The first kappa shape index (κ1) is 36.3. The number of rotatable bonds is 11. The van der Waals surface area contributed by atoms with Gasteiger partial charge in [0.15, 0.2) is 5.78 Å². The molecule has 9 heteroatoms. The average Bonchev–Trinajstić information content (AvgIpc) is 3.28. The number of aromatic nitrogens is 6. The molecule has 0 spiro atoms. The molecule has 0 bridgehead atoms. The number of para-hydroxylation sites is 2. The third-order valence-electron chi connectivity index (χ3n) is 9.21. The van der Waals surface area contributed by atoms with Crippen molar-refractivity contribution in [3.63, 3.8) is 0 Å². The molecule has 4 aromatic carbocycles. The van der Waals surface area contributed by atoms with E-state index in [1.54, 1.807) is 43.2 Å². The van der Waals surface area contributed by atoms with Gasteiger partial charge in [0.05, 0.1) is 28.1 Å². The lowest BCUT2D eigenvalue weighted by Crippen LogP contribution is -2.04. The van der Waals surface area contributed by atoms with Crippen LogP contribution < -0.4 is 9.47 Å². The van der Waals surface area contributed by atoms with Crippen LogP contribution in [0.25, 0.3) is 44.2 Å². The first-order valence-corrected chi connectivity index (χ1v) is 18.4. The van der Waals surface area contributed by atoms with Gasteiger partial charge in [-0.25, -0.2) is 19.9 Å². The van der Waals surface area contributed by atoms with Crippen molar-refractivity contribution in [2.24, 2.45) is 0 Å². The van der Waals surface area contributed by atoms with E-state index in [9.17, 15) is 4.79 Å². The van der Waals surface area contributed by atoms with Gasteiger partial charge in [0.25, 0.3) is 0 Å². The fourth-order valence-corrected chi connectivity index (χ4v) is 6.23. The lowest BCUT2D eigenvalue weighted by molar-refractivity contribution is 0.0993. The highest BCUT2D eigenvalue weighted by Gasteiger charge is 2.11. The SMILES string of the molecule is O=C(Cc1ccncc1)c1ccc(OCc2ccc3ccccc3n2)cc1.c1ccc2nc(COc3ccc(-c4ncncc4-c4ccncc4)cc3)ccc2c1. The molecule has 57 heavy (non-hydrogen) atoms. The van der Waals surface area contributed by atoms with E-state index >= 15 is 0 Å². The van der Waals surface area contributed by atoms with Crippen molar-refractivity contribution in [3.05, 3.63) is 205 Å². The molecule has 276 valence electrons. The van der Waals surface area contributed by atoms with Crippen LogP contribution in [0.5, 0.6) is 11.5 Å². The lowest BCUT2D eigenvalue weighted by Gasteiger charge is -2.10. The Morgan fingerprint density at radius 1 is 0.509 bits per heavy atom. The first-order chi connectivity index (χ1) is 28.1. The molecular weight excluding hydrogens is 709 g/mol. The van der Waals surface area contributed by atoms with Crippen LogP contribution >= 0.6 is 0 Å². The molecule has 0 amide bonds. The van der Waals surface area contributed by atoms with Gasteiger partial charge in [-0.05, 0) is 108 Å². The number of Topliss-reactive ketones (excluding diaryl/α,β-unsaturated/α-hetero) is 1. The fraction of sp³-hybridized carbons (Fsp3) is 0.0625. The summed E-state index contributed by atoms with van der Waals surface area (Å²) in [7, 11) is 0. The summed E-state index contributed by atoms with van der Waals surface area (Å²) < 4.78 is 11.8. The highest BCUT2D eigenvalue weighted by Crippen LogP contribution is 2.30. The Kier molecular flexibility index (Phi) is 11.3. The molecule has 0 unspecified atom stereocenters. The smallest absolute Gasteiger partial charge is 0.167 e. The van der Waals surface area contributed by atoms with E-state index in [1.807, 2.05) is 128 Å². The molecule has 5 heterocycles. The monoisotopic (exact) mass is 744 g/mol. The Morgan fingerprint density at radius 2 is 1.05 bits per heavy atom. The predicted molar refractivity (Wildman–Crippen MR) is 222 cm³/mol. The van der Waals surface area contributed by atoms with Gasteiger partial charge in [-0.3, -0.25) is 14.8 Å². The molecule has 9 aromatic rings. The number of pyridine rings is 4. The zero-order chi connectivity index (χ0) is 38.7. The number of fused-ring (bicyclic) bond motifs is 2. The second-order valence-corrected chi connectivity index (χ2v) is 13.1. The topological polar surface area (TPSA) is 113 Å². The van der Waals surface area contributed by atoms with E-state index in [1.165, 1.54) is 0 Å². The molecule has 9 rings (SSSR count). The van der Waals surface area contributed by atoms with E-state index in [-0.39, 0.29) is 5.78 Å². The van der Waals surface area contributed by atoms with Crippen LogP contribution in [-0.2, 0) is 19.6 Å². The van der Waals surface area contributed by atoms with Crippen LogP contribution in [-0.4, -0.2) is 35.7 Å². The fourth-order valence-electron chi connectivity index (χ4n) is 6.23. The molecule has 0 atom stereocenters. The number of nitrogens with zero attached hydrogens (tertiary/aromatic N) is 6. The van der Waals surface area contributed by atoms with Crippen molar-refractivity contribution in [2.75, 3.05) is 0 Å². The van der Waals surface area contributed by atoms with Gasteiger partial charge in [-0.2, -0.15) is 0 Å². The van der Waals surface area contributed by atoms with Crippen molar-refractivity contribution in [3.8, 4) is 33.9 Å². The highest BCUT2D eigenvalue weighted by molar-refractivity contribution is 5.97. The van der Waals surface area contributed by atoms with Gasteiger partial charge in [0.1, 0.15) is 31.0 Å². The summed E-state index contributed by atoms with van der Waals surface area (Å²) in [5.74, 6) is 1.57. The van der Waals surface area contributed by atoms with Crippen LogP contribution in [0.3, 0.4) is 0 Å². The summed E-state index contributed by atoms with van der Waals surface area (Å²) in [6.07, 6.45) is 10.7. The molecular formula is C48H36N6O3. The molecule has 0 aliphatic heterocycles. The summed E-state index contributed by atoms with van der Waals surface area (Å²) in [6.45, 7) is 0.801. The van der Waals surface area contributed by atoms with Crippen molar-refractivity contribution in [1.82, 2.24) is 29.9 Å². The summed E-state index contributed by atoms with van der Waals surface area (Å²) in [5.41, 5.74) is 9.19. The Bertz CT molecular complexity index is 2730. The summed E-state index contributed by atoms with van der Waals surface area (Å²) in [4.78, 5) is 38.3. The molecule has 0 aliphatic carbocycles. The average molecular weight is 745 g/mol. The quantitative estimate of drug-likeness (QED) is 0.119. The summed E-state index contributed by atoms with van der Waals surface area (Å²) in [5, 5.41) is 2.23. The molecule has 0 aliphatic rings. The number of hydrogen-bond donors (Lipinski definition) is 0. The molecule has 0 saturated carbocycles. The molecule has 0 radical (unpaired) electrons. The molecule has 0 saturated heterocycles. The normalized spacial score (nSPS) is 10.7. The van der Waals surface area contributed by atoms with E-state index in [0.29, 0.717) is 30.9 Å². The molecule has 5 aromatic heterocycles. The lowest BCUT2D eigenvalue weighted by atomic mass is 10.0. The zero-order valence-electron chi connectivity index (χ0n) is 30.8. The Labute approximate surface area is 329 Å². The minimum atomic E-state index is 0.0731. The number of hydrogen-bond acceptors (Lipinski definition) is 9. The van der Waals surface area contributed by atoms with Gasteiger partial charge in [0, 0.05) is 64.9 Å². The largest absolute Gasteiger partial charge is 0.487 e. The molecule has 0 N–H and O–H groups in total. The summed E-state index contributed by atoms with van der Waals surface area (Å²) in [6, 6.07) is 46.9. The third-order valence-corrected chi connectivity index (χ3v) is 9.21. The second-order valence-electron chi connectivity index (χ2n) is 13.1. The molecule has 0 fully saturated rings. The number of carbonyl (C=O) groups is 1. The van der Waals surface area contributed by atoms with Crippen LogP contribution in [0.2, 0.25) is 0 Å². The van der Waals surface area contributed by atoms with Crippen molar-refractivity contribution < 1.29 is 14.3 Å². The Hall–Kier alpha value is -7.65. The minimum Gasteiger partial charge on any atom is -0.487 e. The Balaban J connectivity index is 0.000000161. The predicted octanol–water partition coefficient (Wildman–Crippen LogP) is 9.97. The maximum atomic E-state index is 12.4. The van der Waals surface area contributed by atoms with E-state index < -0.39 is 0 Å². The van der Waals surface area contributed by atoms with Crippen molar-refractivity contribution in [2.45, 2.75) is 19.6 Å². The van der Waals surface area contributed by atoms with Crippen molar-refractivity contribution in [1.29, 1.82) is 0 Å².